The van der Waals surface area contributed by atoms with Crippen LogP contribution in [0.2, 0.25) is 0 Å². The highest BCUT2D eigenvalue weighted by atomic mass is 15.0. The predicted octanol–water partition coefficient (Wildman–Crippen LogP) is 16.9. The molecule has 2 heterocycles. The summed E-state index contributed by atoms with van der Waals surface area (Å²) in [7, 11) is 0. The maximum absolute atomic E-state index is 2.45. The molecule has 0 aliphatic heterocycles. The molecule has 66 heavy (non-hydrogen) atoms. The average Bonchev–Trinajstić information content (AvgIpc) is 4.06. The van der Waals surface area contributed by atoms with Crippen LogP contribution in [0.5, 0.6) is 0 Å². The number of hydrogen-bond acceptors (Lipinski definition) is 0. The van der Waals surface area contributed by atoms with Crippen molar-refractivity contribution in [2.24, 2.45) is 0 Å². The summed E-state index contributed by atoms with van der Waals surface area (Å²) in [6.45, 7) is 9.41. The molecule has 2 aliphatic rings. The van der Waals surface area contributed by atoms with Gasteiger partial charge in [-0.1, -0.05) is 185 Å². The molecule has 2 aliphatic carbocycles. The summed E-state index contributed by atoms with van der Waals surface area (Å²) in [5.74, 6) is 0. The molecule has 13 rings (SSSR count). The van der Waals surface area contributed by atoms with Gasteiger partial charge in [-0.3, -0.25) is 0 Å². The number of aromatic nitrogens is 2. The highest BCUT2D eigenvalue weighted by Gasteiger charge is 2.36. The van der Waals surface area contributed by atoms with E-state index in [1.807, 2.05) is 0 Å². The lowest BCUT2D eigenvalue weighted by Gasteiger charge is -2.22. The third-order valence-electron chi connectivity index (χ3n) is 14.9. The van der Waals surface area contributed by atoms with Crippen molar-refractivity contribution >= 4 is 21.8 Å². The van der Waals surface area contributed by atoms with Crippen LogP contribution in [0.4, 0.5) is 0 Å². The van der Waals surface area contributed by atoms with Crippen LogP contribution in [0.1, 0.15) is 49.9 Å². The predicted molar refractivity (Wildman–Crippen MR) is 277 cm³/mol. The van der Waals surface area contributed by atoms with Crippen LogP contribution < -0.4 is 0 Å². The smallest absolute Gasteiger partial charge is 0.0542 e. The van der Waals surface area contributed by atoms with E-state index in [0.717, 1.165) is 11.4 Å². The molecule has 2 aromatic heterocycles. The Morgan fingerprint density at radius 1 is 0.273 bits per heavy atom. The molecule has 0 amide bonds. The van der Waals surface area contributed by atoms with E-state index in [4.69, 9.17) is 0 Å². The molecule has 0 fully saturated rings. The van der Waals surface area contributed by atoms with Gasteiger partial charge >= 0.3 is 0 Å². The van der Waals surface area contributed by atoms with E-state index in [0.29, 0.717) is 0 Å². The summed E-state index contributed by atoms with van der Waals surface area (Å²) in [6, 6.07) is 81.3. The van der Waals surface area contributed by atoms with E-state index in [9.17, 15) is 0 Å². The average molecular weight is 845 g/mol. The van der Waals surface area contributed by atoms with E-state index in [-0.39, 0.29) is 10.8 Å². The Kier molecular flexibility index (Phi) is 8.33. The van der Waals surface area contributed by atoms with Crippen LogP contribution in [0.3, 0.4) is 0 Å². The van der Waals surface area contributed by atoms with Crippen LogP contribution in [0.25, 0.3) is 100 Å². The molecule has 11 aromatic rings. The minimum absolute atomic E-state index is 0.0429. The molecule has 0 saturated carbocycles. The van der Waals surface area contributed by atoms with Gasteiger partial charge in [0.2, 0.25) is 0 Å². The zero-order chi connectivity index (χ0) is 44.3. The Labute approximate surface area is 386 Å². The van der Waals surface area contributed by atoms with E-state index < -0.39 is 0 Å². The second kappa shape index (κ2) is 14.3. The first kappa shape index (κ1) is 38.5. The van der Waals surface area contributed by atoms with Crippen LogP contribution in [0, 0.1) is 0 Å². The molecule has 2 nitrogen and oxygen atoms in total. The van der Waals surface area contributed by atoms with Crippen molar-refractivity contribution in [3.05, 3.63) is 241 Å². The highest BCUT2D eigenvalue weighted by molar-refractivity contribution is 6.02. The monoisotopic (exact) mass is 844 g/mol. The summed E-state index contributed by atoms with van der Waals surface area (Å²) < 4.78 is 4.89. The molecule has 0 radical (unpaired) electrons. The van der Waals surface area contributed by atoms with Crippen LogP contribution in [0.15, 0.2) is 218 Å². The lowest BCUT2D eigenvalue weighted by molar-refractivity contribution is 0.660. The number of benzene rings is 9. The maximum Gasteiger partial charge on any atom is 0.0542 e. The Morgan fingerprint density at radius 2 is 0.621 bits per heavy atom. The van der Waals surface area contributed by atoms with Crippen molar-refractivity contribution in [3.63, 3.8) is 0 Å². The minimum atomic E-state index is -0.0429. The zero-order valence-electron chi connectivity index (χ0n) is 37.7. The molecular formula is C64H48N2. The third-order valence-corrected chi connectivity index (χ3v) is 14.9. The van der Waals surface area contributed by atoms with Gasteiger partial charge in [0.25, 0.3) is 0 Å². The maximum atomic E-state index is 2.45. The normalized spacial score (nSPS) is 14.0. The number of hydrogen-bond donors (Lipinski definition) is 0. The second-order valence-corrected chi connectivity index (χ2v) is 19.4. The van der Waals surface area contributed by atoms with Crippen molar-refractivity contribution in [3.8, 4) is 78.4 Å². The number of rotatable bonds is 6. The molecule has 0 unspecified atom stereocenters. The molecule has 314 valence electrons. The van der Waals surface area contributed by atoms with Gasteiger partial charge in [0.1, 0.15) is 0 Å². The van der Waals surface area contributed by atoms with Crippen molar-refractivity contribution in [1.82, 2.24) is 9.13 Å². The van der Waals surface area contributed by atoms with Gasteiger partial charge in [-0.15, -0.1) is 0 Å². The second-order valence-electron chi connectivity index (χ2n) is 19.4. The quantitative estimate of drug-likeness (QED) is 0.158. The topological polar surface area (TPSA) is 9.86 Å². The van der Waals surface area contributed by atoms with Gasteiger partial charge in [0, 0.05) is 33.0 Å². The van der Waals surface area contributed by atoms with Crippen LogP contribution in [-0.4, -0.2) is 9.13 Å². The summed E-state index contributed by atoms with van der Waals surface area (Å²) in [4.78, 5) is 0. The zero-order valence-corrected chi connectivity index (χ0v) is 37.7. The Morgan fingerprint density at radius 3 is 1.03 bits per heavy atom. The Balaban J connectivity index is 0.918. The fourth-order valence-corrected chi connectivity index (χ4v) is 11.5. The highest BCUT2D eigenvalue weighted by Crippen LogP contribution is 2.51. The molecule has 0 spiro atoms. The lowest BCUT2D eigenvalue weighted by atomic mass is 9.81. The lowest BCUT2D eigenvalue weighted by Crippen LogP contribution is -2.14. The van der Waals surface area contributed by atoms with Crippen molar-refractivity contribution in [2.75, 3.05) is 0 Å². The minimum Gasteiger partial charge on any atom is -0.309 e. The van der Waals surface area contributed by atoms with Gasteiger partial charge in [-0.05, 0) is 139 Å². The summed E-state index contributed by atoms with van der Waals surface area (Å²) in [6.07, 6.45) is 0. The molecule has 2 heteroatoms. The Hall–Kier alpha value is -7.94. The first-order valence-electron chi connectivity index (χ1n) is 23.2. The van der Waals surface area contributed by atoms with Gasteiger partial charge in [-0.2, -0.15) is 0 Å². The third kappa shape index (κ3) is 5.74. The van der Waals surface area contributed by atoms with Crippen LogP contribution >= 0.6 is 0 Å². The standard InChI is InChI=1S/C64H48N2/c1-63(2)55-21-13-11-19-51(55)53-33-27-45(35-57(53)63)41-23-29-49(30-24-41)65-59(43-15-7-5-8-16-43)37-47-40-62-48(39-61(47)65)38-60(44-17-9-6-10-18-44)66(62)50-31-25-42(26-32-50)46-28-34-54-52-20-12-14-22-56(52)64(3,4)58(54)36-46/h5-40H,1-4H3. The van der Waals surface area contributed by atoms with Crippen molar-refractivity contribution in [2.45, 2.75) is 38.5 Å². The fraction of sp³-hybridized carbons (Fsp3) is 0.0938. The van der Waals surface area contributed by atoms with Gasteiger partial charge < -0.3 is 9.13 Å². The molecule has 0 atom stereocenters. The Bertz CT molecular complexity index is 3460. The number of nitrogens with zero attached hydrogens (tertiary/aromatic N) is 2. The summed E-state index contributed by atoms with van der Waals surface area (Å²) >= 11 is 0. The molecule has 0 N–H and O–H groups in total. The SMILES string of the molecule is CC1(C)c2ccccc2-c2ccc(-c3ccc(-n4c(-c5ccccc5)cc5cc6c(cc(-c7ccccc7)n6-c6ccc(-c7ccc8c(c7)C(C)(C)c7ccccc7-8)cc6)cc54)cc3)cc21. The van der Waals surface area contributed by atoms with Gasteiger partial charge in [0.15, 0.2) is 0 Å². The van der Waals surface area contributed by atoms with E-state index in [1.165, 1.54) is 111 Å². The molecule has 0 bridgehead atoms. The van der Waals surface area contributed by atoms with Crippen molar-refractivity contribution in [1.29, 1.82) is 0 Å². The first-order chi connectivity index (χ1) is 32.2. The van der Waals surface area contributed by atoms with E-state index in [1.54, 1.807) is 0 Å². The molecule has 0 saturated heterocycles. The molecular weight excluding hydrogens is 797 g/mol. The largest absolute Gasteiger partial charge is 0.309 e. The van der Waals surface area contributed by atoms with Crippen LogP contribution in [-0.2, 0) is 10.8 Å². The summed E-state index contributed by atoms with van der Waals surface area (Å²) in [5.41, 5.74) is 25.2. The first-order valence-corrected chi connectivity index (χ1v) is 23.2. The summed E-state index contributed by atoms with van der Waals surface area (Å²) in [5, 5.41) is 2.39. The van der Waals surface area contributed by atoms with Gasteiger partial charge in [0.05, 0.1) is 22.4 Å². The van der Waals surface area contributed by atoms with E-state index >= 15 is 0 Å². The number of fused-ring (bicyclic) bond motifs is 8. The van der Waals surface area contributed by atoms with Gasteiger partial charge in [-0.25, -0.2) is 0 Å². The fourth-order valence-electron chi connectivity index (χ4n) is 11.5. The molecule has 9 aromatic carbocycles. The van der Waals surface area contributed by atoms with E-state index in [2.05, 4.69) is 255 Å². The van der Waals surface area contributed by atoms with Crippen molar-refractivity contribution < 1.29 is 0 Å².